The van der Waals surface area contributed by atoms with Gasteiger partial charge in [-0.25, -0.2) is 5.10 Å². The summed E-state index contributed by atoms with van der Waals surface area (Å²) in [5.41, 5.74) is 2.63. The van der Waals surface area contributed by atoms with E-state index in [-0.39, 0.29) is 0 Å². The fourth-order valence-corrected chi connectivity index (χ4v) is 2.62. The fourth-order valence-electron chi connectivity index (χ4n) is 2.34. The van der Waals surface area contributed by atoms with Gasteiger partial charge in [-0.2, -0.15) is 0 Å². The number of nitrogens with one attached hydrogen (secondary N) is 1. The molecule has 1 aliphatic rings. The van der Waals surface area contributed by atoms with Crippen molar-refractivity contribution in [3.8, 4) is 0 Å². The van der Waals surface area contributed by atoms with Gasteiger partial charge in [-0.1, -0.05) is 24.3 Å². The molecule has 0 spiro atoms. The summed E-state index contributed by atoms with van der Waals surface area (Å²) in [5, 5.41) is 7.29. The number of aromatic amines is 1. The van der Waals surface area contributed by atoms with Crippen LogP contribution < -0.4 is 4.90 Å². The molecule has 0 radical (unpaired) electrons. The van der Waals surface area contributed by atoms with Crippen LogP contribution in [0.25, 0.3) is 0 Å². The van der Waals surface area contributed by atoms with Gasteiger partial charge in [0.15, 0.2) is 4.77 Å². The minimum atomic E-state index is 0.542. The summed E-state index contributed by atoms with van der Waals surface area (Å²) in [6.45, 7) is 2.99. The number of anilines is 1. The standard InChI is InChI=1S/C14H18N4S/c1-10-5-3-4-6-11(10)9-17(2)13-15-16-14(19)18(13)12-7-8-12/h3-6,12H,7-9H2,1-2H3,(H,16,19). The van der Waals surface area contributed by atoms with Crippen LogP contribution in [0.1, 0.15) is 30.0 Å². The van der Waals surface area contributed by atoms with Gasteiger partial charge in [-0.15, -0.1) is 5.10 Å². The molecule has 1 N–H and O–H groups in total. The molecule has 0 bridgehead atoms. The number of benzene rings is 1. The van der Waals surface area contributed by atoms with Crippen molar-refractivity contribution in [2.45, 2.75) is 32.4 Å². The second kappa shape index (κ2) is 4.81. The molecule has 0 saturated heterocycles. The van der Waals surface area contributed by atoms with E-state index >= 15 is 0 Å². The van der Waals surface area contributed by atoms with Crippen molar-refractivity contribution in [2.75, 3.05) is 11.9 Å². The number of nitrogens with zero attached hydrogens (tertiary/aromatic N) is 3. The van der Waals surface area contributed by atoms with E-state index in [1.54, 1.807) is 0 Å². The summed E-state index contributed by atoms with van der Waals surface area (Å²) in [6.07, 6.45) is 2.41. The molecule has 19 heavy (non-hydrogen) atoms. The second-order valence-corrected chi connectivity index (χ2v) is 5.60. The van der Waals surface area contributed by atoms with Crippen molar-refractivity contribution >= 4 is 18.2 Å². The Bertz CT molecular complexity index is 639. The van der Waals surface area contributed by atoms with Gasteiger partial charge in [0.25, 0.3) is 0 Å². The molecule has 0 atom stereocenters. The third-order valence-electron chi connectivity index (χ3n) is 3.61. The molecular weight excluding hydrogens is 256 g/mol. The lowest BCUT2D eigenvalue weighted by atomic mass is 10.1. The van der Waals surface area contributed by atoms with E-state index in [2.05, 4.69) is 57.9 Å². The molecule has 100 valence electrons. The summed E-state index contributed by atoms with van der Waals surface area (Å²) in [4.78, 5) is 2.16. The predicted octanol–water partition coefficient (Wildman–Crippen LogP) is 3.22. The largest absolute Gasteiger partial charge is 0.340 e. The average Bonchev–Trinajstić information content (AvgIpc) is 3.15. The van der Waals surface area contributed by atoms with Gasteiger partial charge in [0.2, 0.25) is 5.95 Å². The third-order valence-corrected chi connectivity index (χ3v) is 3.90. The number of hydrogen-bond acceptors (Lipinski definition) is 3. The third kappa shape index (κ3) is 2.42. The second-order valence-electron chi connectivity index (χ2n) is 5.21. The van der Waals surface area contributed by atoms with Crippen LogP contribution in [-0.4, -0.2) is 21.8 Å². The van der Waals surface area contributed by atoms with Crippen LogP contribution in [0, 0.1) is 11.7 Å². The van der Waals surface area contributed by atoms with Gasteiger partial charge >= 0.3 is 0 Å². The Labute approximate surface area is 118 Å². The number of aromatic nitrogens is 3. The molecule has 5 heteroatoms. The molecule has 0 unspecified atom stereocenters. The maximum atomic E-state index is 5.32. The topological polar surface area (TPSA) is 36.9 Å². The molecule has 2 aromatic rings. The number of hydrogen-bond donors (Lipinski definition) is 1. The van der Waals surface area contributed by atoms with E-state index in [4.69, 9.17) is 12.2 Å². The quantitative estimate of drug-likeness (QED) is 0.870. The zero-order valence-corrected chi connectivity index (χ0v) is 12.1. The molecule has 3 rings (SSSR count). The first-order valence-electron chi connectivity index (χ1n) is 6.59. The Morgan fingerprint density at radius 2 is 2.16 bits per heavy atom. The average molecular weight is 274 g/mol. The number of H-pyrrole nitrogens is 1. The van der Waals surface area contributed by atoms with Crippen LogP contribution in [0.4, 0.5) is 5.95 Å². The minimum absolute atomic E-state index is 0.542. The summed E-state index contributed by atoms with van der Waals surface area (Å²) in [5.74, 6) is 0.941. The molecule has 0 amide bonds. The lowest BCUT2D eigenvalue weighted by Gasteiger charge is -2.19. The summed E-state index contributed by atoms with van der Waals surface area (Å²) in [7, 11) is 2.07. The van der Waals surface area contributed by atoms with Crippen molar-refractivity contribution < 1.29 is 0 Å². The van der Waals surface area contributed by atoms with E-state index in [0.29, 0.717) is 6.04 Å². The van der Waals surface area contributed by atoms with Crippen molar-refractivity contribution in [3.05, 3.63) is 40.2 Å². The predicted molar refractivity (Wildman–Crippen MR) is 79.0 cm³/mol. The summed E-state index contributed by atoms with van der Waals surface area (Å²) < 4.78 is 2.88. The van der Waals surface area contributed by atoms with Crippen LogP contribution in [-0.2, 0) is 6.54 Å². The maximum absolute atomic E-state index is 5.32. The first-order chi connectivity index (χ1) is 9.16. The van der Waals surface area contributed by atoms with Crippen LogP contribution in [0.5, 0.6) is 0 Å². The van der Waals surface area contributed by atoms with Gasteiger partial charge in [0, 0.05) is 19.6 Å². The van der Waals surface area contributed by atoms with E-state index < -0.39 is 0 Å². The molecule has 4 nitrogen and oxygen atoms in total. The van der Waals surface area contributed by atoms with E-state index in [0.717, 1.165) is 17.3 Å². The van der Waals surface area contributed by atoms with E-state index in [1.807, 2.05) is 0 Å². The van der Waals surface area contributed by atoms with Crippen LogP contribution in [0.2, 0.25) is 0 Å². The van der Waals surface area contributed by atoms with Gasteiger partial charge in [-0.05, 0) is 43.1 Å². The molecule has 1 fully saturated rings. The molecular formula is C14H18N4S. The highest BCUT2D eigenvalue weighted by atomic mass is 32.1. The molecule has 1 aromatic carbocycles. The SMILES string of the molecule is Cc1ccccc1CN(C)c1n[nH]c(=S)n1C1CC1. The Kier molecular flexibility index (Phi) is 3.14. The lowest BCUT2D eigenvalue weighted by Crippen LogP contribution is -2.21. The summed E-state index contributed by atoms with van der Waals surface area (Å²) in [6, 6.07) is 8.99. The summed E-state index contributed by atoms with van der Waals surface area (Å²) >= 11 is 5.32. The van der Waals surface area contributed by atoms with Crippen LogP contribution in [0.15, 0.2) is 24.3 Å². The molecule has 1 saturated carbocycles. The molecule has 1 heterocycles. The number of aryl methyl sites for hydroxylation is 1. The van der Waals surface area contributed by atoms with Gasteiger partial charge in [0.05, 0.1) is 0 Å². The maximum Gasteiger partial charge on any atom is 0.226 e. The van der Waals surface area contributed by atoms with Gasteiger partial charge < -0.3 is 4.90 Å². The highest BCUT2D eigenvalue weighted by molar-refractivity contribution is 7.71. The normalized spacial score (nSPS) is 14.6. The van der Waals surface area contributed by atoms with Crippen molar-refractivity contribution in [1.29, 1.82) is 0 Å². The molecule has 0 aliphatic heterocycles. The monoisotopic (exact) mass is 274 g/mol. The Morgan fingerprint density at radius 1 is 1.42 bits per heavy atom. The fraction of sp³-hybridized carbons (Fsp3) is 0.429. The van der Waals surface area contributed by atoms with Gasteiger partial charge in [-0.3, -0.25) is 4.57 Å². The van der Waals surface area contributed by atoms with Crippen LogP contribution >= 0.6 is 12.2 Å². The van der Waals surface area contributed by atoms with Crippen molar-refractivity contribution in [3.63, 3.8) is 0 Å². The van der Waals surface area contributed by atoms with Crippen LogP contribution in [0.3, 0.4) is 0 Å². The van der Waals surface area contributed by atoms with E-state index in [1.165, 1.54) is 24.0 Å². The Hall–Kier alpha value is -1.62. The Morgan fingerprint density at radius 3 is 2.84 bits per heavy atom. The van der Waals surface area contributed by atoms with Crippen molar-refractivity contribution in [2.24, 2.45) is 0 Å². The minimum Gasteiger partial charge on any atom is -0.340 e. The lowest BCUT2D eigenvalue weighted by molar-refractivity contribution is 0.700. The van der Waals surface area contributed by atoms with Gasteiger partial charge in [0.1, 0.15) is 0 Å². The zero-order chi connectivity index (χ0) is 13.4. The zero-order valence-electron chi connectivity index (χ0n) is 11.3. The highest BCUT2D eigenvalue weighted by Gasteiger charge is 2.28. The first-order valence-corrected chi connectivity index (χ1v) is 7.00. The highest BCUT2D eigenvalue weighted by Crippen LogP contribution is 2.37. The first kappa shape index (κ1) is 12.4. The Balaban J connectivity index is 1.87. The number of rotatable bonds is 4. The molecule has 1 aliphatic carbocycles. The smallest absolute Gasteiger partial charge is 0.226 e. The van der Waals surface area contributed by atoms with E-state index in [9.17, 15) is 0 Å². The van der Waals surface area contributed by atoms with Crippen molar-refractivity contribution in [1.82, 2.24) is 14.8 Å². The molecule has 1 aromatic heterocycles.